The molecule has 1 aliphatic rings. The van der Waals surface area contributed by atoms with Gasteiger partial charge in [-0.15, -0.1) is 10.2 Å². The lowest BCUT2D eigenvalue weighted by molar-refractivity contribution is 0.0835. The number of hydrogen-bond acceptors (Lipinski definition) is 4. The maximum atomic E-state index is 13.2. The molecule has 0 unspecified atom stereocenters. The molecule has 106 valence electrons. The summed E-state index contributed by atoms with van der Waals surface area (Å²) in [4.78, 5) is 1.45. The molecule has 0 bridgehead atoms. The average Bonchev–Trinajstić information content (AvgIpc) is 2.92. The number of ether oxygens (including phenoxy) is 1. The van der Waals surface area contributed by atoms with Gasteiger partial charge in [-0.3, -0.25) is 0 Å². The molecule has 1 fully saturated rings. The molecule has 7 heteroatoms. The van der Waals surface area contributed by atoms with Gasteiger partial charge in [-0.1, -0.05) is 11.6 Å². The maximum Gasteiger partial charge on any atom is 0.178 e. The summed E-state index contributed by atoms with van der Waals surface area (Å²) in [6.45, 7) is 1.77. The lowest BCUT2D eigenvalue weighted by Crippen LogP contribution is -2.15. The molecule has 20 heavy (non-hydrogen) atoms. The van der Waals surface area contributed by atoms with Crippen molar-refractivity contribution < 1.29 is 9.13 Å². The molecule has 0 radical (unpaired) electrons. The molecule has 1 saturated heterocycles. The SMILES string of the molecule is Fc1ccc(Cl)c(Cn2nnc(C3CCOCC3)n2)c1. The van der Waals surface area contributed by atoms with Crippen LogP contribution in [0.5, 0.6) is 0 Å². The normalized spacial score (nSPS) is 16.5. The zero-order valence-electron chi connectivity index (χ0n) is 10.8. The first kappa shape index (κ1) is 13.5. The molecule has 0 spiro atoms. The first-order valence-corrected chi connectivity index (χ1v) is 6.89. The highest BCUT2D eigenvalue weighted by Crippen LogP contribution is 2.23. The molecule has 0 aliphatic carbocycles. The minimum atomic E-state index is -0.325. The van der Waals surface area contributed by atoms with Gasteiger partial charge >= 0.3 is 0 Å². The van der Waals surface area contributed by atoms with Gasteiger partial charge in [0.05, 0.1) is 6.54 Å². The van der Waals surface area contributed by atoms with Crippen LogP contribution in [0.3, 0.4) is 0 Å². The van der Waals surface area contributed by atoms with Gasteiger partial charge in [0.2, 0.25) is 0 Å². The quantitative estimate of drug-likeness (QED) is 0.873. The summed E-state index contributed by atoms with van der Waals surface area (Å²) in [5.74, 6) is 0.690. The first-order chi connectivity index (χ1) is 9.72. The van der Waals surface area contributed by atoms with Gasteiger partial charge in [0.15, 0.2) is 5.82 Å². The van der Waals surface area contributed by atoms with Gasteiger partial charge in [-0.2, -0.15) is 4.80 Å². The summed E-state index contributed by atoms with van der Waals surface area (Å²) < 4.78 is 18.5. The summed E-state index contributed by atoms with van der Waals surface area (Å²) in [5.41, 5.74) is 0.641. The van der Waals surface area contributed by atoms with E-state index in [0.29, 0.717) is 23.0 Å². The van der Waals surface area contributed by atoms with E-state index < -0.39 is 0 Å². The molecule has 1 aromatic heterocycles. The molecule has 2 heterocycles. The second-order valence-corrected chi connectivity index (χ2v) is 5.21. The fourth-order valence-corrected chi connectivity index (χ4v) is 2.44. The van der Waals surface area contributed by atoms with E-state index in [0.717, 1.165) is 31.9 Å². The van der Waals surface area contributed by atoms with E-state index in [2.05, 4.69) is 15.4 Å². The fraction of sp³-hybridized carbons (Fsp3) is 0.462. The smallest absolute Gasteiger partial charge is 0.178 e. The average molecular weight is 297 g/mol. The Morgan fingerprint density at radius 1 is 1.35 bits per heavy atom. The number of hydrogen-bond donors (Lipinski definition) is 0. The van der Waals surface area contributed by atoms with Crippen molar-refractivity contribution in [3.8, 4) is 0 Å². The Hall–Kier alpha value is -1.53. The topological polar surface area (TPSA) is 52.8 Å². The molecule has 0 saturated carbocycles. The second kappa shape index (κ2) is 5.85. The molecule has 1 aromatic carbocycles. The Bertz CT molecular complexity index is 598. The van der Waals surface area contributed by atoms with Crippen LogP contribution in [0.4, 0.5) is 4.39 Å². The van der Waals surface area contributed by atoms with Gasteiger partial charge in [-0.05, 0) is 41.8 Å². The minimum absolute atomic E-state index is 0.292. The molecule has 3 rings (SSSR count). The van der Waals surface area contributed by atoms with Gasteiger partial charge in [0.1, 0.15) is 5.82 Å². The summed E-state index contributed by atoms with van der Waals surface area (Å²) in [5, 5.41) is 12.9. The lowest BCUT2D eigenvalue weighted by Gasteiger charge is -2.18. The number of benzene rings is 1. The van der Waals surface area contributed by atoms with Crippen molar-refractivity contribution in [1.82, 2.24) is 20.2 Å². The van der Waals surface area contributed by atoms with Crippen molar-refractivity contribution in [2.75, 3.05) is 13.2 Å². The van der Waals surface area contributed by atoms with Gasteiger partial charge in [-0.25, -0.2) is 4.39 Å². The number of nitrogens with zero attached hydrogens (tertiary/aromatic N) is 4. The lowest BCUT2D eigenvalue weighted by atomic mass is 10.00. The van der Waals surface area contributed by atoms with Crippen molar-refractivity contribution in [3.05, 3.63) is 40.4 Å². The zero-order valence-corrected chi connectivity index (χ0v) is 11.6. The van der Waals surface area contributed by atoms with Crippen LogP contribution in [0.15, 0.2) is 18.2 Å². The molecule has 1 aliphatic heterocycles. The summed E-state index contributed by atoms with van der Waals surface area (Å²) >= 11 is 6.03. The third-order valence-corrected chi connectivity index (χ3v) is 3.74. The summed E-state index contributed by atoms with van der Waals surface area (Å²) in [6, 6.07) is 4.25. The standard InChI is InChI=1S/C13H14ClFN4O/c14-12-2-1-11(15)7-10(12)8-19-17-13(16-18-19)9-3-5-20-6-4-9/h1-2,7,9H,3-6,8H2. The van der Waals surface area contributed by atoms with E-state index in [-0.39, 0.29) is 5.82 Å². The summed E-state index contributed by atoms with van der Waals surface area (Å²) in [6.07, 6.45) is 1.82. The highest BCUT2D eigenvalue weighted by molar-refractivity contribution is 6.31. The van der Waals surface area contributed by atoms with Crippen molar-refractivity contribution >= 4 is 11.6 Å². The second-order valence-electron chi connectivity index (χ2n) is 4.80. The zero-order chi connectivity index (χ0) is 13.9. The van der Waals surface area contributed by atoms with Crippen LogP contribution in [-0.2, 0) is 11.3 Å². The number of halogens is 2. The molecule has 0 N–H and O–H groups in total. The third-order valence-electron chi connectivity index (χ3n) is 3.37. The Labute approximate surface area is 120 Å². The number of tetrazole rings is 1. The molecule has 0 atom stereocenters. The van der Waals surface area contributed by atoms with Crippen LogP contribution in [0.2, 0.25) is 5.02 Å². The maximum absolute atomic E-state index is 13.2. The predicted octanol–water partition coefficient (Wildman–Crippen LogP) is 2.41. The third kappa shape index (κ3) is 2.96. The number of aromatic nitrogens is 4. The minimum Gasteiger partial charge on any atom is -0.381 e. The van der Waals surface area contributed by atoms with E-state index >= 15 is 0 Å². The molecular formula is C13H14ClFN4O. The van der Waals surface area contributed by atoms with Crippen LogP contribution in [0.1, 0.15) is 30.1 Å². The first-order valence-electron chi connectivity index (χ1n) is 6.52. The van der Waals surface area contributed by atoms with E-state index in [1.54, 1.807) is 0 Å². The molecule has 5 nitrogen and oxygen atoms in total. The molecule has 0 amide bonds. The Morgan fingerprint density at radius 2 is 2.15 bits per heavy atom. The Balaban J connectivity index is 1.75. The van der Waals surface area contributed by atoms with Crippen molar-refractivity contribution in [1.29, 1.82) is 0 Å². The van der Waals surface area contributed by atoms with Crippen LogP contribution in [0, 0.1) is 5.82 Å². The summed E-state index contributed by atoms with van der Waals surface area (Å²) in [7, 11) is 0. The predicted molar refractivity (Wildman–Crippen MR) is 71.1 cm³/mol. The molecule has 2 aromatic rings. The van der Waals surface area contributed by atoms with Gasteiger partial charge in [0, 0.05) is 24.2 Å². The van der Waals surface area contributed by atoms with E-state index in [1.165, 1.54) is 23.0 Å². The van der Waals surface area contributed by atoms with Crippen LogP contribution in [-0.4, -0.2) is 33.4 Å². The fourth-order valence-electron chi connectivity index (χ4n) is 2.26. The van der Waals surface area contributed by atoms with E-state index in [1.807, 2.05) is 0 Å². The van der Waals surface area contributed by atoms with Gasteiger partial charge in [0.25, 0.3) is 0 Å². The number of rotatable bonds is 3. The van der Waals surface area contributed by atoms with Crippen molar-refractivity contribution in [2.45, 2.75) is 25.3 Å². The Morgan fingerprint density at radius 3 is 2.95 bits per heavy atom. The van der Waals surface area contributed by atoms with Crippen molar-refractivity contribution in [3.63, 3.8) is 0 Å². The van der Waals surface area contributed by atoms with Gasteiger partial charge < -0.3 is 4.74 Å². The highest BCUT2D eigenvalue weighted by atomic mass is 35.5. The van der Waals surface area contributed by atoms with Crippen LogP contribution < -0.4 is 0 Å². The van der Waals surface area contributed by atoms with Crippen LogP contribution >= 0.6 is 11.6 Å². The van der Waals surface area contributed by atoms with E-state index in [9.17, 15) is 4.39 Å². The Kier molecular flexibility index (Phi) is 3.93. The monoisotopic (exact) mass is 296 g/mol. The molecular weight excluding hydrogens is 283 g/mol. The highest BCUT2D eigenvalue weighted by Gasteiger charge is 2.20. The van der Waals surface area contributed by atoms with Crippen molar-refractivity contribution in [2.24, 2.45) is 0 Å². The van der Waals surface area contributed by atoms with E-state index in [4.69, 9.17) is 16.3 Å². The largest absolute Gasteiger partial charge is 0.381 e. The van der Waals surface area contributed by atoms with Crippen LogP contribution in [0.25, 0.3) is 0 Å².